The van der Waals surface area contributed by atoms with Crippen LogP contribution >= 0.6 is 11.3 Å². The highest BCUT2D eigenvalue weighted by molar-refractivity contribution is 7.19. The van der Waals surface area contributed by atoms with E-state index in [9.17, 15) is 22.8 Å². The number of hydrogen-bond acceptors (Lipinski definition) is 4. The first-order valence-corrected chi connectivity index (χ1v) is 8.23. The van der Waals surface area contributed by atoms with Crippen LogP contribution in [0.15, 0.2) is 59.7 Å². The Balaban J connectivity index is 1.74. The van der Waals surface area contributed by atoms with Gasteiger partial charge in [0, 0.05) is 24.0 Å². The Bertz CT molecular complexity index is 981. The summed E-state index contributed by atoms with van der Waals surface area (Å²) in [6.45, 7) is -1.40. The monoisotopic (exact) mass is 379 g/mol. The summed E-state index contributed by atoms with van der Waals surface area (Å²) in [7, 11) is 0. The van der Waals surface area contributed by atoms with Crippen molar-refractivity contribution >= 4 is 22.4 Å². The van der Waals surface area contributed by atoms with Crippen LogP contribution in [0.5, 0.6) is 0 Å². The summed E-state index contributed by atoms with van der Waals surface area (Å²) in [5.74, 6) is -0.616. The molecule has 2 heterocycles. The number of halogens is 3. The predicted octanol–water partition coefficient (Wildman–Crippen LogP) is 3.79. The second-order valence-electron chi connectivity index (χ2n) is 5.35. The van der Waals surface area contributed by atoms with E-state index in [0.29, 0.717) is 9.70 Å². The van der Waals surface area contributed by atoms with Crippen molar-refractivity contribution in [2.45, 2.75) is 12.7 Å². The van der Waals surface area contributed by atoms with Gasteiger partial charge in [-0.25, -0.2) is 4.98 Å². The number of alkyl halides is 3. The zero-order valence-electron chi connectivity index (χ0n) is 13.2. The van der Waals surface area contributed by atoms with Crippen LogP contribution in [0.1, 0.15) is 10.4 Å². The van der Waals surface area contributed by atoms with E-state index in [-0.39, 0.29) is 5.56 Å². The second kappa shape index (κ2) is 7.12. The zero-order chi connectivity index (χ0) is 18.7. The normalized spacial score (nSPS) is 11.3. The van der Waals surface area contributed by atoms with Gasteiger partial charge in [-0.3, -0.25) is 14.9 Å². The summed E-state index contributed by atoms with van der Waals surface area (Å²) in [6, 6.07) is 11.5. The van der Waals surface area contributed by atoms with E-state index in [2.05, 4.69) is 10.3 Å². The topological polar surface area (TPSA) is 64.0 Å². The van der Waals surface area contributed by atoms with Gasteiger partial charge in [-0.2, -0.15) is 13.2 Å². The second-order valence-corrected chi connectivity index (χ2v) is 6.38. The molecule has 1 N–H and O–H groups in total. The molecule has 3 aromatic rings. The highest BCUT2D eigenvalue weighted by Gasteiger charge is 2.28. The van der Waals surface area contributed by atoms with E-state index in [1.165, 1.54) is 11.3 Å². The molecule has 0 fully saturated rings. The standard InChI is InChI=1S/C17H12F3N3O2S/c18-17(19,20)10-23-7-6-12(8-14(23)24)15(25)22-16-21-9-13(26-16)11-4-2-1-3-5-11/h1-9H,10H2,(H,21,22,25). The van der Waals surface area contributed by atoms with Crippen LogP contribution in [0.25, 0.3) is 10.4 Å². The molecule has 0 unspecified atom stereocenters. The molecule has 0 aliphatic carbocycles. The smallest absolute Gasteiger partial charge is 0.306 e. The van der Waals surface area contributed by atoms with Crippen LogP contribution in [0.4, 0.5) is 18.3 Å². The van der Waals surface area contributed by atoms with E-state index in [1.807, 2.05) is 30.3 Å². The predicted molar refractivity (Wildman–Crippen MR) is 92.3 cm³/mol. The number of amides is 1. The van der Waals surface area contributed by atoms with Crippen molar-refractivity contribution in [1.29, 1.82) is 0 Å². The van der Waals surface area contributed by atoms with Gasteiger partial charge in [0.25, 0.3) is 11.5 Å². The Kier molecular flexibility index (Phi) is 4.90. The van der Waals surface area contributed by atoms with Gasteiger partial charge in [0.2, 0.25) is 0 Å². The number of anilines is 1. The average molecular weight is 379 g/mol. The number of carbonyl (C=O) groups excluding carboxylic acids is 1. The van der Waals surface area contributed by atoms with Gasteiger partial charge in [0.05, 0.1) is 4.88 Å². The van der Waals surface area contributed by atoms with E-state index in [0.717, 1.165) is 28.8 Å². The Morgan fingerprint density at radius 2 is 1.92 bits per heavy atom. The lowest BCUT2D eigenvalue weighted by atomic mass is 10.2. The van der Waals surface area contributed by atoms with Crippen molar-refractivity contribution in [3.05, 3.63) is 70.8 Å². The van der Waals surface area contributed by atoms with Gasteiger partial charge in [-0.15, -0.1) is 0 Å². The molecule has 0 saturated heterocycles. The Hall–Kier alpha value is -2.94. The first-order valence-electron chi connectivity index (χ1n) is 7.42. The molecule has 1 amide bonds. The first-order chi connectivity index (χ1) is 12.3. The van der Waals surface area contributed by atoms with Crippen LogP contribution in [0, 0.1) is 0 Å². The molecule has 0 atom stereocenters. The minimum absolute atomic E-state index is 0.0371. The van der Waals surface area contributed by atoms with E-state index in [1.54, 1.807) is 6.20 Å². The summed E-state index contributed by atoms with van der Waals surface area (Å²) < 4.78 is 37.6. The molecule has 9 heteroatoms. The number of carbonyl (C=O) groups is 1. The molecule has 5 nitrogen and oxygen atoms in total. The summed E-state index contributed by atoms with van der Waals surface area (Å²) in [4.78, 5) is 28.9. The fourth-order valence-corrected chi connectivity index (χ4v) is 3.03. The average Bonchev–Trinajstić information content (AvgIpc) is 3.05. The van der Waals surface area contributed by atoms with Crippen molar-refractivity contribution in [2.75, 3.05) is 5.32 Å². The fourth-order valence-electron chi connectivity index (χ4n) is 2.21. The molecular weight excluding hydrogens is 367 g/mol. The largest absolute Gasteiger partial charge is 0.406 e. The molecule has 0 spiro atoms. The van der Waals surface area contributed by atoms with E-state index in [4.69, 9.17) is 0 Å². The van der Waals surface area contributed by atoms with E-state index < -0.39 is 24.2 Å². The van der Waals surface area contributed by atoms with Gasteiger partial charge in [0.15, 0.2) is 5.13 Å². The molecule has 26 heavy (non-hydrogen) atoms. The SMILES string of the molecule is O=C(Nc1ncc(-c2ccccc2)s1)c1ccn(CC(F)(F)F)c(=O)c1. The van der Waals surface area contributed by atoms with Crippen molar-refractivity contribution < 1.29 is 18.0 Å². The summed E-state index contributed by atoms with van der Waals surface area (Å²) in [5.41, 5.74) is 0.00391. The molecule has 0 aliphatic heterocycles. The minimum Gasteiger partial charge on any atom is -0.306 e. The van der Waals surface area contributed by atoms with Gasteiger partial charge in [-0.1, -0.05) is 41.7 Å². The number of hydrogen-bond donors (Lipinski definition) is 1. The van der Waals surface area contributed by atoms with Crippen LogP contribution in [-0.2, 0) is 6.54 Å². The lowest BCUT2D eigenvalue weighted by molar-refractivity contribution is -0.141. The third-order valence-electron chi connectivity index (χ3n) is 3.39. The number of thiazole rings is 1. The fraction of sp³-hybridized carbons (Fsp3) is 0.118. The lowest BCUT2D eigenvalue weighted by Gasteiger charge is -2.09. The number of pyridine rings is 1. The molecule has 2 aromatic heterocycles. The van der Waals surface area contributed by atoms with Crippen LogP contribution in [0.2, 0.25) is 0 Å². The maximum absolute atomic E-state index is 12.4. The Morgan fingerprint density at radius 1 is 1.19 bits per heavy atom. The molecule has 0 saturated carbocycles. The highest BCUT2D eigenvalue weighted by Crippen LogP contribution is 2.28. The quantitative estimate of drug-likeness (QED) is 0.750. The van der Waals surface area contributed by atoms with Gasteiger partial charge in [-0.05, 0) is 11.6 Å². The molecule has 1 aromatic carbocycles. The maximum Gasteiger partial charge on any atom is 0.406 e. The number of nitrogens with one attached hydrogen (secondary N) is 1. The highest BCUT2D eigenvalue weighted by atomic mass is 32.1. The van der Waals surface area contributed by atoms with Crippen molar-refractivity contribution in [1.82, 2.24) is 9.55 Å². The van der Waals surface area contributed by atoms with Gasteiger partial charge >= 0.3 is 6.18 Å². The minimum atomic E-state index is -4.51. The molecule has 3 rings (SSSR count). The number of aromatic nitrogens is 2. The van der Waals surface area contributed by atoms with Crippen LogP contribution in [0.3, 0.4) is 0 Å². The third-order valence-corrected chi connectivity index (χ3v) is 4.35. The Labute approximate surface area is 149 Å². The van der Waals surface area contributed by atoms with Gasteiger partial charge in [0.1, 0.15) is 6.54 Å². The zero-order valence-corrected chi connectivity index (χ0v) is 14.0. The molecule has 0 bridgehead atoms. The van der Waals surface area contributed by atoms with Crippen LogP contribution in [-0.4, -0.2) is 21.6 Å². The van der Waals surface area contributed by atoms with Crippen molar-refractivity contribution in [3.8, 4) is 10.4 Å². The summed E-state index contributed by atoms with van der Waals surface area (Å²) in [5, 5.41) is 2.87. The van der Waals surface area contributed by atoms with Crippen molar-refractivity contribution in [3.63, 3.8) is 0 Å². The number of nitrogens with zero attached hydrogens (tertiary/aromatic N) is 2. The van der Waals surface area contributed by atoms with Crippen molar-refractivity contribution in [2.24, 2.45) is 0 Å². The molecule has 134 valence electrons. The summed E-state index contributed by atoms with van der Waals surface area (Å²) >= 11 is 1.25. The summed E-state index contributed by atoms with van der Waals surface area (Å²) in [6.07, 6.45) is -1.96. The van der Waals surface area contributed by atoms with Crippen LogP contribution < -0.4 is 10.9 Å². The number of rotatable bonds is 4. The molecular formula is C17H12F3N3O2S. The van der Waals surface area contributed by atoms with E-state index >= 15 is 0 Å². The number of benzene rings is 1. The molecule has 0 radical (unpaired) electrons. The third kappa shape index (κ3) is 4.37. The first kappa shape index (κ1) is 17.9. The van der Waals surface area contributed by atoms with Gasteiger partial charge < -0.3 is 4.57 Å². The Morgan fingerprint density at radius 3 is 2.58 bits per heavy atom. The maximum atomic E-state index is 12.4. The lowest BCUT2D eigenvalue weighted by Crippen LogP contribution is -2.28. The molecule has 0 aliphatic rings.